The van der Waals surface area contributed by atoms with Crippen LogP contribution in [0.5, 0.6) is 0 Å². The van der Waals surface area contributed by atoms with E-state index >= 15 is 0 Å². The summed E-state index contributed by atoms with van der Waals surface area (Å²) in [6, 6.07) is 8.67. The Hall–Kier alpha value is -1.81. The monoisotopic (exact) mass is 243 g/mol. The number of hydrogen-bond donors (Lipinski definition) is 3. The summed E-state index contributed by atoms with van der Waals surface area (Å²) in [5.41, 5.74) is 2.46. The second kappa shape index (κ2) is 4.82. The summed E-state index contributed by atoms with van der Waals surface area (Å²) >= 11 is 0. The molecule has 1 atom stereocenters. The van der Waals surface area contributed by atoms with Crippen LogP contribution in [0.25, 0.3) is 10.9 Å². The second-order valence-electron chi connectivity index (χ2n) is 4.79. The normalized spacial score (nSPS) is 19.3. The summed E-state index contributed by atoms with van der Waals surface area (Å²) in [7, 11) is 0. The van der Waals surface area contributed by atoms with Gasteiger partial charge in [-0.1, -0.05) is 18.2 Å². The van der Waals surface area contributed by atoms with E-state index < -0.39 is 0 Å². The highest BCUT2D eigenvalue weighted by Gasteiger charge is 2.19. The minimum Gasteiger partial charge on any atom is -0.361 e. The Kier molecular flexibility index (Phi) is 3.02. The molecule has 0 aliphatic carbocycles. The maximum absolute atomic E-state index is 11.1. The van der Waals surface area contributed by atoms with Gasteiger partial charge in [-0.25, -0.2) is 0 Å². The summed E-state index contributed by atoms with van der Waals surface area (Å²) in [6.45, 7) is 1.66. The third kappa shape index (κ3) is 2.24. The number of carbonyl (C=O) groups excluding carboxylic acids is 1. The fourth-order valence-corrected chi connectivity index (χ4v) is 2.51. The number of benzene rings is 1. The molecule has 1 aliphatic heterocycles. The van der Waals surface area contributed by atoms with Crippen LogP contribution in [0.4, 0.5) is 0 Å². The minimum absolute atomic E-state index is 0.174. The zero-order chi connectivity index (χ0) is 12.4. The second-order valence-corrected chi connectivity index (χ2v) is 4.79. The Morgan fingerprint density at radius 2 is 2.28 bits per heavy atom. The van der Waals surface area contributed by atoms with Gasteiger partial charge in [0.25, 0.3) is 0 Å². The van der Waals surface area contributed by atoms with Crippen molar-refractivity contribution in [2.24, 2.45) is 0 Å². The number of H-pyrrole nitrogens is 1. The molecule has 2 heterocycles. The molecule has 0 radical (unpaired) electrons. The third-order valence-electron chi connectivity index (χ3n) is 3.46. The smallest absolute Gasteiger partial charge is 0.220 e. The Balaban J connectivity index is 1.60. The zero-order valence-corrected chi connectivity index (χ0v) is 10.2. The van der Waals surface area contributed by atoms with Crippen LogP contribution in [0.15, 0.2) is 30.5 Å². The number of rotatable bonds is 4. The molecule has 4 nitrogen and oxygen atoms in total. The molecule has 1 saturated heterocycles. The van der Waals surface area contributed by atoms with Crippen LogP contribution in [0.1, 0.15) is 18.4 Å². The molecule has 1 fully saturated rings. The average molecular weight is 243 g/mol. The van der Waals surface area contributed by atoms with E-state index in [-0.39, 0.29) is 5.91 Å². The Bertz CT molecular complexity index is 561. The lowest BCUT2D eigenvalue weighted by atomic mass is 10.1. The molecule has 0 saturated carbocycles. The Morgan fingerprint density at radius 1 is 1.33 bits per heavy atom. The molecule has 1 aromatic heterocycles. The molecule has 1 aliphatic rings. The van der Waals surface area contributed by atoms with Crippen molar-refractivity contribution in [1.29, 1.82) is 0 Å². The van der Waals surface area contributed by atoms with E-state index in [2.05, 4.69) is 39.9 Å². The highest BCUT2D eigenvalue weighted by molar-refractivity contribution is 5.82. The van der Waals surface area contributed by atoms with Gasteiger partial charge in [0.15, 0.2) is 0 Å². The van der Waals surface area contributed by atoms with E-state index in [9.17, 15) is 4.79 Å². The number of aromatic amines is 1. The van der Waals surface area contributed by atoms with Crippen molar-refractivity contribution in [3.05, 3.63) is 36.0 Å². The van der Waals surface area contributed by atoms with Gasteiger partial charge in [-0.15, -0.1) is 0 Å². The molecule has 1 amide bonds. The van der Waals surface area contributed by atoms with Crippen LogP contribution in [0.2, 0.25) is 0 Å². The summed E-state index contributed by atoms with van der Waals surface area (Å²) in [4.78, 5) is 14.3. The van der Waals surface area contributed by atoms with Crippen LogP contribution < -0.4 is 10.6 Å². The first-order chi connectivity index (χ1) is 8.83. The maximum Gasteiger partial charge on any atom is 0.220 e. The number of aromatic nitrogens is 1. The SMILES string of the molecule is O=C1CCC(CNCc2cccc3cc[nH]c23)N1. The van der Waals surface area contributed by atoms with Crippen molar-refractivity contribution in [1.82, 2.24) is 15.6 Å². The van der Waals surface area contributed by atoms with Gasteiger partial charge >= 0.3 is 0 Å². The molecule has 1 aromatic carbocycles. The molecular weight excluding hydrogens is 226 g/mol. The highest BCUT2D eigenvalue weighted by atomic mass is 16.1. The van der Waals surface area contributed by atoms with Gasteiger partial charge in [-0.2, -0.15) is 0 Å². The van der Waals surface area contributed by atoms with Gasteiger partial charge in [-0.05, 0) is 23.4 Å². The van der Waals surface area contributed by atoms with Crippen molar-refractivity contribution in [2.45, 2.75) is 25.4 Å². The van der Waals surface area contributed by atoms with Crippen molar-refractivity contribution in [3.8, 4) is 0 Å². The molecule has 18 heavy (non-hydrogen) atoms. The quantitative estimate of drug-likeness (QED) is 0.763. The van der Waals surface area contributed by atoms with Gasteiger partial charge in [0.2, 0.25) is 5.91 Å². The summed E-state index contributed by atoms with van der Waals surface area (Å²) in [6.07, 6.45) is 3.57. The van der Waals surface area contributed by atoms with Crippen molar-refractivity contribution >= 4 is 16.8 Å². The lowest BCUT2D eigenvalue weighted by Gasteiger charge is -2.11. The lowest BCUT2D eigenvalue weighted by Crippen LogP contribution is -2.35. The standard InChI is InChI=1S/C14H17N3O/c18-13-5-4-12(17-13)9-15-8-11-3-1-2-10-6-7-16-14(10)11/h1-3,6-7,12,15-16H,4-5,8-9H2,(H,17,18). The molecule has 0 spiro atoms. The van der Waals surface area contributed by atoms with Gasteiger partial charge in [0, 0.05) is 37.3 Å². The molecular formula is C14H17N3O. The fourth-order valence-electron chi connectivity index (χ4n) is 2.51. The molecule has 1 unspecified atom stereocenters. The van der Waals surface area contributed by atoms with Crippen LogP contribution in [-0.2, 0) is 11.3 Å². The predicted molar refractivity (Wildman–Crippen MR) is 71.2 cm³/mol. The molecule has 94 valence electrons. The fraction of sp³-hybridized carbons (Fsp3) is 0.357. The zero-order valence-electron chi connectivity index (χ0n) is 10.2. The number of amides is 1. The minimum atomic E-state index is 0.174. The molecule has 4 heteroatoms. The van der Waals surface area contributed by atoms with Crippen LogP contribution in [0, 0.1) is 0 Å². The number of para-hydroxylation sites is 1. The van der Waals surface area contributed by atoms with Gasteiger partial charge in [0.05, 0.1) is 0 Å². The first-order valence-corrected chi connectivity index (χ1v) is 6.38. The van der Waals surface area contributed by atoms with Gasteiger partial charge < -0.3 is 15.6 Å². The topological polar surface area (TPSA) is 56.9 Å². The highest BCUT2D eigenvalue weighted by Crippen LogP contribution is 2.16. The Morgan fingerprint density at radius 3 is 3.11 bits per heavy atom. The van der Waals surface area contributed by atoms with Crippen LogP contribution in [-0.4, -0.2) is 23.5 Å². The van der Waals surface area contributed by atoms with E-state index in [1.165, 1.54) is 16.5 Å². The Labute approximate surface area is 106 Å². The molecule has 3 rings (SSSR count). The lowest BCUT2D eigenvalue weighted by molar-refractivity contribution is -0.119. The van der Waals surface area contributed by atoms with Crippen molar-refractivity contribution in [2.75, 3.05) is 6.54 Å². The van der Waals surface area contributed by atoms with E-state index in [0.717, 1.165) is 19.5 Å². The molecule has 0 bridgehead atoms. The number of carbonyl (C=O) groups is 1. The van der Waals surface area contributed by atoms with E-state index in [4.69, 9.17) is 0 Å². The van der Waals surface area contributed by atoms with Crippen LogP contribution in [0.3, 0.4) is 0 Å². The number of fused-ring (bicyclic) bond motifs is 1. The van der Waals surface area contributed by atoms with Crippen molar-refractivity contribution in [3.63, 3.8) is 0 Å². The average Bonchev–Trinajstić information content (AvgIpc) is 2.98. The van der Waals surface area contributed by atoms with Crippen LogP contribution >= 0.6 is 0 Å². The summed E-state index contributed by atoms with van der Waals surface area (Å²) in [5, 5.41) is 7.61. The number of hydrogen-bond acceptors (Lipinski definition) is 2. The molecule has 3 N–H and O–H groups in total. The summed E-state index contributed by atoms with van der Waals surface area (Å²) in [5.74, 6) is 0.174. The first kappa shape index (κ1) is 11.3. The van der Waals surface area contributed by atoms with Gasteiger partial charge in [0.1, 0.15) is 0 Å². The molecule has 2 aromatic rings. The first-order valence-electron chi connectivity index (χ1n) is 6.38. The largest absolute Gasteiger partial charge is 0.361 e. The van der Waals surface area contributed by atoms with E-state index in [1.54, 1.807) is 0 Å². The number of nitrogens with one attached hydrogen (secondary N) is 3. The van der Waals surface area contributed by atoms with E-state index in [0.29, 0.717) is 12.5 Å². The third-order valence-corrected chi connectivity index (χ3v) is 3.46. The maximum atomic E-state index is 11.1. The van der Waals surface area contributed by atoms with E-state index in [1.807, 2.05) is 6.20 Å². The predicted octanol–water partition coefficient (Wildman–Crippen LogP) is 1.54. The van der Waals surface area contributed by atoms with Crippen molar-refractivity contribution < 1.29 is 4.79 Å². The van der Waals surface area contributed by atoms with Gasteiger partial charge in [-0.3, -0.25) is 4.79 Å². The summed E-state index contributed by atoms with van der Waals surface area (Å²) < 4.78 is 0.